The molecule has 4 nitrogen and oxygen atoms in total. The molecule has 1 N–H and O–H groups in total. The Bertz CT molecular complexity index is 559. The minimum Gasteiger partial charge on any atom is -0.284 e. The summed E-state index contributed by atoms with van der Waals surface area (Å²) < 4.78 is 24.4. The van der Waals surface area contributed by atoms with Gasteiger partial charge in [-0.15, -0.1) is 11.3 Å². The zero-order valence-corrected chi connectivity index (χ0v) is 10.2. The van der Waals surface area contributed by atoms with Gasteiger partial charge in [0.2, 0.25) is 10.0 Å². The second-order valence-corrected chi connectivity index (χ2v) is 5.93. The minimum atomic E-state index is -3.21. The largest absolute Gasteiger partial charge is 0.284 e. The van der Waals surface area contributed by atoms with Gasteiger partial charge in [-0.3, -0.25) is 4.72 Å². The van der Waals surface area contributed by atoms with Crippen molar-refractivity contribution >= 4 is 27.0 Å². The van der Waals surface area contributed by atoms with Crippen LogP contribution in [0.3, 0.4) is 0 Å². The molecular formula is C10H10N2O2S2. The average Bonchev–Trinajstić information content (AvgIpc) is 2.69. The highest BCUT2D eigenvalue weighted by molar-refractivity contribution is 7.92. The Balaban J connectivity index is 2.24. The molecular weight excluding hydrogens is 244 g/mol. The van der Waals surface area contributed by atoms with E-state index in [2.05, 4.69) is 9.71 Å². The topological polar surface area (TPSA) is 59.1 Å². The van der Waals surface area contributed by atoms with Crippen LogP contribution in [0, 0.1) is 0 Å². The summed E-state index contributed by atoms with van der Waals surface area (Å²) in [4.78, 5) is 4.17. The lowest BCUT2D eigenvalue weighted by Crippen LogP contribution is -2.09. The Labute approximate surface area is 98.0 Å². The number of hydrogen-bond acceptors (Lipinski definition) is 4. The fourth-order valence-corrected chi connectivity index (χ4v) is 2.47. The number of benzene rings is 1. The van der Waals surface area contributed by atoms with Crippen LogP contribution in [0.4, 0.5) is 5.69 Å². The Kier molecular flexibility index (Phi) is 2.93. The number of hydrogen-bond donors (Lipinski definition) is 1. The number of sulfonamides is 1. The number of rotatable bonds is 3. The highest BCUT2D eigenvalue weighted by Crippen LogP contribution is 2.23. The van der Waals surface area contributed by atoms with E-state index in [9.17, 15) is 8.42 Å². The molecule has 2 aromatic rings. The molecule has 1 aromatic carbocycles. The van der Waals surface area contributed by atoms with Crippen LogP contribution in [-0.2, 0) is 10.0 Å². The quantitative estimate of drug-likeness (QED) is 0.913. The van der Waals surface area contributed by atoms with Gasteiger partial charge in [-0.2, -0.15) is 0 Å². The lowest BCUT2D eigenvalue weighted by atomic mass is 10.2. The van der Waals surface area contributed by atoms with Crippen molar-refractivity contribution in [2.24, 2.45) is 0 Å². The Morgan fingerprint density at radius 1 is 1.25 bits per heavy atom. The highest BCUT2D eigenvalue weighted by Gasteiger charge is 2.03. The molecule has 0 unspecified atom stereocenters. The SMILES string of the molecule is CS(=O)(=O)Nc1ccc(-c2nccs2)cc1. The van der Waals surface area contributed by atoms with Crippen molar-refractivity contribution in [2.75, 3.05) is 11.0 Å². The van der Waals surface area contributed by atoms with Gasteiger partial charge in [-0.25, -0.2) is 13.4 Å². The Morgan fingerprint density at radius 3 is 2.44 bits per heavy atom. The molecule has 1 heterocycles. The van der Waals surface area contributed by atoms with Crippen LogP contribution in [0.2, 0.25) is 0 Å². The second kappa shape index (κ2) is 4.23. The molecule has 0 fully saturated rings. The van der Waals surface area contributed by atoms with E-state index in [4.69, 9.17) is 0 Å². The summed E-state index contributed by atoms with van der Waals surface area (Å²) in [6.45, 7) is 0. The molecule has 0 aliphatic rings. The third-order valence-corrected chi connectivity index (χ3v) is 3.30. The van der Waals surface area contributed by atoms with E-state index < -0.39 is 10.0 Å². The van der Waals surface area contributed by atoms with Crippen LogP contribution in [0.1, 0.15) is 0 Å². The first-order chi connectivity index (χ1) is 7.54. The third-order valence-electron chi connectivity index (χ3n) is 1.87. The summed E-state index contributed by atoms with van der Waals surface area (Å²) in [5.74, 6) is 0. The van der Waals surface area contributed by atoms with Gasteiger partial charge in [0.15, 0.2) is 0 Å². The molecule has 6 heteroatoms. The Morgan fingerprint density at radius 2 is 1.94 bits per heavy atom. The molecule has 84 valence electrons. The first kappa shape index (κ1) is 11.1. The predicted octanol–water partition coefficient (Wildman–Crippen LogP) is 2.18. The first-order valence-electron chi connectivity index (χ1n) is 4.52. The van der Waals surface area contributed by atoms with Crippen molar-refractivity contribution in [2.45, 2.75) is 0 Å². The van der Waals surface area contributed by atoms with Gasteiger partial charge in [0.05, 0.1) is 6.26 Å². The summed E-state index contributed by atoms with van der Waals surface area (Å²) in [7, 11) is -3.21. The van der Waals surface area contributed by atoms with Gasteiger partial charge in [0, 0.05) is 22.8 Å². The van der Waals surface area contributed by atoms with Gasteiger partial charge in [0.25, 0.3) is 0 Å². The van der Waals surface area contributed by atoms with Gasteiger partial charge in [-0.05, 0) is 24.3 Å². The van der Waals surface area contributed by atoms with Crippen molar-refractivity contribution in [1.82, 2.24) is 4.98 Å². The molecule has 0 atom stereocenters. The molecule has 0 amide bonds. The van der Waals surface area contributed by atoms with Crippen molar-refractivity contribution in [3.05, 3.63) is 35.8 Å². The minimum absolute atomic E-state index is 0.558. The molecule has 16 heavy (non-hydrogen) atoms. The summed E-state index contributed by atoms with van der Waals surface area (Å²) in [5.41, 5.74) is 1.54. The number of aromatic nitrogens is 1. The van der Waals surface area contributed by atoms with Crippen molar-refractivity contribution in [3.8, 4) is 10.6 Å². The monoisotopic (exact) mass is 254 g/mol. The molecule has 0 saturated carbocycles. The maximum atomic E-state index is 11.0. The van der Waals surface area contributed by atoms with Crippen molar-refractivity contribution in [3.63, 3.8) is 0 Å². The van der Waals surface area contributed by atoms with Gasteiger partial charge < -0.3 is 0 Å². The maximum Gasteiger partial charge on any atom is 0.229 e. The smallest absolute Gasteiger partial charge is 0.229 e. The van der Waals surface area contributed by atoms with Crippen LogP contribution in [0.15, 0.2) is 35.8 Å². The summed E-state index contributed by atoms with van der Waals surface area (Å²) in [5, 5.41) is 2.82. The normalized spacial score (nSPS) is 11.3. The summed E-state index contributed by atoms with van der Waals surface area (Å²) in [6, 6.07) is 7.12. The summed E-state index contributed by atoms with van der Waals surface area (Å²) in [6.07, 6.45) is 2.87. The standard InChI is InChI=1S/C10H10N2O2S2/c1-16(13,14)12-9-4-2-8(3-5-9)10-11-6-7-15-10/h2-7,12H,1H3. The fraction of sp³-hybridized carbons (Fsp3) is 0.100. The molecule has 0 bridgehead atoms. The van der Waals surface area contributed by atoms with E-state index in [0.29, 0.717) is 5.69 Å². The summed E-state index contributed by atoms with van der Waals surface area (Å²) >= 11 is 1.55. The van der Waals surface area contributed by atoms with Crippen LogP contribution in [-0.4, -0.2) is 19.7 Å². The molecule has 0 spiro atoms. The highest BCUT2D eigenvalue weighted by atomic mass is 32.2. The number of anilines is 1. The lowest BCUT2D eigenvalue weighted by molar-refractivity contribution is 0.607. The fourth-order valence-electron chi connectivity index (χ4n) is 1.26. The average molecular weight is 254 g/mol. The van der Waals surface area contributed by atoms with E-state index in [-0.39, 0.29) is 0 Å². The van der Waals surface area contributed by atoms with Crippen LogP contribution in [0.5, 0.6) is 0 Å². The maximum absolute atomic E-state index is 11.0. The van der Waals surface area contributed by atoms with Crippen LogP contribution >= 0.6 is 11.3 Å². The molecule has 0 aliphatic heterocycles. The van der Waals surface area contributed by atoms with Gasteiger partial charge in [0.1, 0.15) is 5.01 Å². The molecule has 0 radical (unpaired) electrons. The van der Waals surface area contributed by atoms with Crippen LogP contribution < -0.4 is 4.72 Å². The van der Waals surface area contributed by atoms with Crippen LogP contribution in [0.25, 0.3) is 10.6 Å². The third kappa shape index (κ3) is 2.80. The Hall–Kier alpha value is -1.40. The van der Waals surface area contributed by atoms with Gasteiger partial charge >= 0.3 is 0 Å². The van der Waals surface area contributed by atoms with E-state index in [1.807, 2.05) is 17.5 Å². The van der Waals surface area contributed by atoms with E-state index in [0.717, 1.165) is 16.8 Å². The molecule has 0 saturated heterocycles. The lowest BCUT2D eigenvalue weighted by Gasteiger charge is -2.03. The second-order valence-electron chi connectivity index (χ2n) is 3.29. The number of nitrogens with zero attached hydrogens (tertiary/aromatic N) is 1. The van der Waals surface area contributed by atoms with Crippen molar-refractivity contribution in [1.29, 1.82) is 0 Å². The van der Waals surface area contributed by atoms with E-state index in [1.54, 1.807) is 29.7 Å². The first-order valence-corrected chi connectivity index (χ1v) is 7.29. The number of nitrogens with one attached hydrogen (secondary N) is 1. The predicted molar refractivity (Wildman–Crippen MR) is 66.0 cm³/mol. The molecule has 2 rings (SSSR count). The number of thiazole rings is 1. The molecule has 0 aliphatic carbocycles. The van der Waals surface area contributed by atoms with E-state index >= 15 is 0 Å². The zero-order valence-electron chi connectivity index (χ0n) is 8.54. The van der Waals surface area contributed by atoms with E-state index in [1.165, 1.54) is 0 Å². The van der Waals surface area contributed by atoms with Crippen molar-refractivity contribution < 1.29 is 8.42 Å². The van der Waals surface area contributed by atoms with Gasteiger partial charge in [-0.1, -0.05) is 0 Å². The molecule has 1 aromatic heterocycles. The zero-order chi connectivity index (χ0) is 11.6.